The van der Waals surface area contributed by atoms with E-state index < -0.39 is 10.0 Å². The molecule has 2 rings (SSSR count). The van der Waals surface area contributed by atoms with E-state index >= 15 is 0 Å². The van der Waals surface area contributed by atoms with Gasteiger partial charge < -0.3 is 4.74 Å². The van der Waals surface area contributed by atoms with Crippen LogP contribution < -0.4 is 0 Å². The van der Waals surface area contributed by atoms with Gasteiger partial charge >= 0.3 is 0 Å². The number of rotatable bonds is 7. The summed E-state index contributed by atoms with van der Waals surface area (Å²) < 4.78 is 33.0. The SMILES string of the molecule is CCCN(CC1CCOC1)S(=O)(=O)c1ccccc1CC. The summed E-state index contributed by atoms with van der Waals surface area (Å²) in [4.78, 5) is 0.458. The van der Waals surface area contributed by atoms with Crippen molar-refractivity contribution in [2.45, 2.75) is 38.0 Å². The second-order valence-corrected chi connectivity index (χ2v) is 7.46. The van der Waals surface area contributed by atoms with Crippen molar-refractivity contribution in [2.75, 3.05) is 26.3 Å². The fourth-order valence-electron chi connectivity index (χ4n) is 2.76. The van der Waals surface area contributed by atoms with Gasteiger partial charge in [-0.25, -0.2) is 8.42 Å². The summed E-state index contributed by atoms with van der Waals surface area (Å²) in [5.74, 6) is 0.320. The number of ether oxygens (including phenoxy) is 1. The molecular formula is C16H25NO3S. The van der Waals surface area contributed by atoms with Gasteiger partial charge in [-0.1, -0.05) is 32.0 Å². The molecule has 1 aromatic carbocycles. The van der Waals surface area contributed by atoms with Gasteiger partial charge in [-0.05, 0) is 36.8 Å². The van der Waals surface area contributed by atoms with Crippen LogP contribution in [-0.2, 0) is 21.2 Å². The molecule has 4 nitrogen and oxygen atoms in total. The molecule has 0 radical (unpaired) electrons. The monoisotopic (exact) mass is 311 g/mol. The molecule has 1 aromatic rings. The highest BCUT2D eigenvalue weighted by Crippen LogP contribution is 2.24. The third-order valence-corrected chi connectivity index (χ3v) is 5.90. The minimum atomic E-state index is -3.42. The van der Waals surface area contributed by atoms with E-state index in [-0.39, 0.29) is 0 Å². The van der Waals surface area contributed by atoms with Crippen LogP contribution in [0.25, 0.3) is 0 Å². The highest BCUT2D eigenvalue weighted by Gasteiger charge is 2.29. The zero-order valence-corrected chi connectivity index (χ0v) is 13.7. The van der Waals surface area contributed by atoms with Crippen molar-refractivity contribution in [3.05, 3.63) is 29.8 Å². The topological polar surface area (TPSA) is 46.6 Å². The Morgan fingerprint density at radius 2 is 2.05 bits per heavy atom. The normalized spacial score (nSPS) is 19.3. The van der Waals surface area contributed by atoms with Crippen LogP contribution in [0.3, 0.4) is 0 Å². The number of hydrogen-bond donors (Lipinski definition) is 0. The lowest BCUT2D eigenvalue weighted by atomic mass is 10.1. The molecule has 0 bridgehead atoms. The molecular weight excluding hydrogens is 286 g/mol. The summed E-state index contributed by atoms with van der Waals surface area (Å²) in [6, 6.07) is 7.32. The van der Waals surface area contributed by atoms with Gasteiger partial charge in [0.2, 0.25) is 10.0 Å². The summed E-state index contributed by atoms with van der Waals surface area (Å²) >= 11 is 0. The van der Waals surface area contributed by atoms with E-state index in [4.69, 9.17) is 4.74 Å². The van der Waals surface area contributed by atoms with Crippen LogP contribution in [-0.4, -0.2) is 39.0 Å². The fraction of sp³-hybridized carbons (Fsp3) is 0.625. The third-order valence-electron chi connectivity index (χ3n) is 3.93. The van der Waals surface area contributed by atoms with Crippen molar-refractivity contribution >= 4 is 10.0 Å². The summed E-state index contributed by atoms with van der Waals surface area (Å²) in [6.07, 6.45) is 2.49. The average molecular weight is 311 g/mol. The number of hydrogen-bond acceptors (Lipinski definition) is 3. The van der Waals surface area contributed by atoms with E-state index in [1.165, 1.54) is 0 Å². The maximum absolute atomic E-state index is 13.0. The lowest BCUT2D eigenvalue weighted by Gasteiger charge is -2.25. The second-order valence-electron chi connectivity index (χ2n) is 5.55. The molecule has 1 heterocycles. The Hall–Kier alpha value is -0.910. The summed E-state index contributed by atoms with van der Waals surface area (Å²) in [5, 5.41) is 0. The predicted molar refractivity (Wildman–Crippen MR) is 83.8 cm³/mol. The first kappa shape index (κ1) is 16.5. The lowest BCUT2D eigenvalue weighted by molar-refractivity contribution is 0.180. The Bertz CT molecular complexity index is 550. The Balaban J connectivity index is 2.27. The molecule has 0 aromatic heterocycles. The number of benzene rings is 1. The Kier molecular flexibility index (Phi) is 5.79. The molecule has 1 fully saturated rings. The fourth-order valence-corrected chi connectivity index (χ4v) is 4.66. The molecule has 0 spiro atoms. The third kappa shape index (κ3) is 3.84. The standard InChI is InChI=1S/C16H25NO3S/c1-3-10-17(12-14-9-11-20-13-14)21(18,19)16-8-6-5-7-15(16)4-2/h5-8,14H,3-4,9-13H2,1-2H3. The predicted octanol–water partition coefficient (Wildman–Crippen LogP) is 2.69. The second kappa shape index (κ2) is 7.38. The molecule has 0 saturated carbocycles. The van der Waals surface area contributed by atoms with Gasteiger partial charge in [0.1, 0.15) is 0 Å². The first-order valence-electron chi connectivity index (χ1n) is 7.75. The van der Waals surface area contributed by atoms with Crippen LogP contribution in [0, 0.1) is 5.92 Å². The van der Waals surface area contributed by atoms with Crippen molar-refractivity contribution in [1.82, 2.24) is 4.31 Å². The van der Waals surface area contributed by atoms with Crippen LogP contribution in [0.4, 0.5) is 0 Å². The van der Waals surface area contributed by atoms with Gasteiger partial charge in [0.25, 0.3) is 0 Å². The van der Waals surface area contributed by atoms with Crippen LogP contribution in [0.5, 0.6) is 0 Å². The van der Waals surface area contributed by atoms with E-state index in [9.17, 15) is 8.42 Å². The Morgan fingerprint density at radius 1 is 1.29 bits per heavy atom. The van der Waals surface area contributed by atoms with Gasteiger partial charge in [0.15, 0.2) is 0 Å². The van der Waals surface area contributed by atoms with E-state index in [2.05, 4.69) is 0 Å². The maximum atomic E-state index is 13.0. The van der Waals surface area contributed by atoms with Crippen LogP contribution in [0.1, 0.15) is 32.3 Å². The molecule has 118 valence electrons. The van der Waals surface area contributed by atoms with Crippen molar-refractivity contribution in [3.8, 4) is 0 Å². The minimum absolute atomic E-state index is 0.320. The van der Waals surface area contributed by atoms with Crippen LogP contribution >= 0.6 is 0 Å². The number of nitrogens with zero attached hydrogens (tertiary/aromatic N) is 1. The van der Waals surface area contributed by atoms with Crippen molar-refractivity contribution in [3.63, 3.8) is 0 Å². The van der Waals surface area contributed by atoms with Crippen LogP contribution in [0.2, 0.25) is 0 Å². The molecule has 0 amide bonds. The largest absolute Gasteiger partial charge is 0.381 e. The van der Waals surface area contributed by atoms with Crippen molar-refractivity contribution in [2.24, 2.45) is 5.92 Å². The first-order valence-corrected chi connectivity index (χ1v) is 9.19. The number of aryl methyl sites for hydroxylation is 1. The van der Waals surface area contributed by atoms with E-state index in [1.807, 2.05) is 26.0 Å². The van der Waals surface area contributed by atoms with E-state index in [0.717, 1.165) is 31.4 Å². The van der Waals surface area contributed by atoms with E-state index in [1.54, 1.807) is 16.4 Å². The highest BCUT2D eigenvalue weighted by molar-refractivity contribution is 7.89. The number of sulfonamides is 1. The van der Waals surface area contributed by atoms with Crippen molar-refractivity contribution in [1.29, 1.82) is 0 Å². The first-order chi connectivity index (χ1) is 10.1. The molecule has 1 saturated heterocycles. The zero-order chi connectivity index (χ0) is 15.3. The van der Waals surface area contributed by atoms with E-state index in [0.29, 0.717) is 30.5 Å². The average Bonchev–Trinajstić information content (AvgIpc) is 3.00. The summed E-state index contributed by atoms with van der Waals surface area (Å²) in [6.45, 7) is 6.55. The molecule has 1 aliphatic rings. The highest BCUT2D eigenvalue weighted by atomic mass is 32.2. The smallest absolute Gasteiger partial charge is 0.243 e. The van der Waals surface area contributed by atoms with Gasteiger partial charge in [-0.2, -0.15) is 4.31 Å². The lowest BCUT2D eigenvalue weighted by Crippen LogP contribution is -2.36. The minimum Gasteiger partial charge on any atom is -0.381 e. The molecule has 21 heavy (non-hydrogen) atoms. The molecule has 0 N–H and O–H groups in total. The Morgan fingerprint density at radius 3 is 2.67 bits per heavy atom. The molecule has 5 heteroatoms. The summed E-state index contributed by atoms with van der Waals surface area (Å²) in [7, 11) is -3.42. The van der Waals surface area contributed by atoms with Gasteiger partial charge in [0.05, 0.1) is 11.5 Å². The van der Waals surface area contributed by atoms with Gasteiger partial charge in [0, 0.05) is 19.7 Å². The van der Waals surface area contributed by atoms with Crippen LogP contribution in [0.15, 0.2) is 29.2 Å². The molecule has 1 aliphatic heterocycles. The van der Waals surface area contributed by atoms with Gasteiger partial charge in [-0.15, -0.1) is 0 Å². The maximum Gasteiger partial charge on any atom is 0.243 e. The quantitative estimate of drug-likeness (QED) is 0.778. The zero-order valence-electron chi connectivity index (χ0n) is 12.9. The Labute approximate surface area is 128 Å². The van der Waals surface area contributed by atoms with Gasteiger partial charge in [-0.3, -0.25) is 0 Å². The molecule has 1 atom stereocenters. The molecule has 1 unspecified atom stereocenters. The van der Waals surface area contributed by atoms with Crippen molar-refractivity contribution < 1.29 is 13.2 Å². The molecule has 0 aliphatic carbocycles. The summed E-state index contributed by atoms with van der Waals surface area (Å²) in [5.41, 5.74) is 0.890.